The molecule has 1 radical (unpaired) electrons. The summed E-state index contributed by atoms with van der Waals surface area (Å²) in [5.41, 5.74) is 1.05. The van der Waals surface area contributed by atoms with Crippen LogP contribution in [0.4, 0.5) is 0 Å². The molecule has 3 aromatic rings. The molecule has 3 nitrogen and oxygen atoms in total. The number of nitrogens with zero attached hydrogens (tertiary/aromatic N) is 1. The maximum atomic E-state index is 9.44. The summed E-state index contributed by atoms with van der Waals surface area (Å²) in [7, 11) is 0. The zero-order valence-electron chi connectivity index (χ0n) is 13.2. The van der Waals surface area contributed by atoms with Gasteiger partial charge in [-0.15, -0.1) is 11.3 Å². The van der Waals surface area contributed by atoms with E-state index in [1.165, 1.54) is 42.0 Å². The standard InChI is InChI=1S/C13H9NS.C3H6O.C2H3O.Ir/c1-2-7-12-10(5-1)9-13(15-12)11-6-3-4-8-14-11;1-3(2)4;1-2-3;/h1-9H;1-2H3;1H3;/q;;-1;. The van der Waals surface area contributed by atoms with Crippen LogP contribution in [0.15, 0.2) is 54.7 Å². The summed E-state index contributed by atoms with van der Waals surface area (Å²) in [4.78, 5) is 23.7. The maximum Gasteiger partial charge on any atom is 0.126 e. The zero-order chi connectivity index (χ0) is 16.4. The van der Waals surface area contributed by atoms with Gasteiger partial charge in [-0.05, 0) is 43.5 Å². The monoisotopic (exact) mass is 505 g/mol. The van der Waals surface area contributed by atoms with Crippen molar-refractivity contribution in [3.05, 3.63) is 54.7 Å². The van der Waals surface area contributed by atoms with Crippen LogP contribution < -0.4 is 0 Å². The van der Waals surface area contributed by atoms with Crippen molar-refractivity contribution in [2.75, 3.05) is 0 Å². The molecular formula is C18H18IrNO2S-. The normalized spacial score (nSPS) is 8.65. The average molecular weight is 505 g/mol. The molecule has 0 spiro atoms. The number of hydrogen-bond acceptors (Lipinski definition) is 4. The Morgan fingerprint density at radius 3 is 2.17 bits per heavy atom. The van der Waals surface area contributed by atoms with Gasteiger partial charge in [-0.25, -0.2) is 0 Å². The van der Waals surface area contributed by atoms with E-state index in [1.807, 2.05) is 24.4 Å². The van der Waals surface area contributed by atoms with Crippen molar-refractivity contribution in [2.45, 2.75) is 20.8 Å². The number of carbonyl (C=O) groups is 1. The van der Waals surface area contributed by atoms with E-state index in [-0.39, 0.29) is 25.9 Å². The van der Waals surface area contributed by atoms with E-state index in [0.717, 1.165) is 5.69 Å². The minimum atomic E-state index is 0. The number of aromatic nitrogens is 1. The molecule has 5 heteroatoms. The van der Waals surface area contributed by atoms with Crippen molar-refractivity contribution in [1.29, 1.82) is 0 Å². The van der Waals surface area contributed by atoms with Crippen molar-refractivity contribution < 1.29 is 29.7 Å². The van der Waals surface area contributed by atoms with Crippen LogP contribution in [0.2, 0.25) is 0 Å². The van der Waals surface area contributed by atoms with Crippen LogP contribution in [0.1, 0.15) is 20.8 Å². The van der Waals surface area contributed by atoms with E-state index in [2.05, 4.69) is 35.3 Å². The van der Waals surface area contributed by atoms with Gasteiger partial charge >= 0.3 is 0 Å². The molecule has 2 heterocycles. The number of carbonyl (C=O) groups excluding carboxylic acids is 2. The minimum Gasteiger partial charge on any atom is -0.542 e. The molecule has 0 aliphatic heterocycles. The third-order valence-electron chi connectivity index (χ3n) is 2.34. The maximum absolute atomic E-state index is 9.44. The van der Waals surface area contributed by atoms with Crippen LogP contribution >= 0.6 is 11.3 Å². The van der Waals surface area contributed by atoms with E-state index < -0.39 is 0 Å². The number of Topliss-reactive ketones (excluding diaryl/α,β-unsaturated/α-hetero) is 1. The smallest absolute Gasteiger partial charge is 0.126 e. The van der Waals surface area contributed by atoms with Gasteiger partial charge in [-0.3, -0.25) is 11.3 Å². The summed E-state index contributed by atoms with van der Waals surface area (Å²) in [5, 5.41) is 1.29. The summed E-state index contributed by atoms with van der Waals surface area (Å²) in [6.07, 6.45) is 3.33. The molecule has 0 atom stereocenters. The van der Waals surface area contributed by atoms with Crippen LogP contribution in [0.3, 0.4) is 0 Å². The summed E-state index contributed by atoms with van der Waals surface area (Å²) >= 11 is 1.79. The molecule has 0 fully saturated rings. The number of pyridine rings is 1. The van der Waals surface area contributed by atoms with E-state index in [4.69, 9.17) is 4.79 Å². The average Bonchev–Trinajstić information content (AvgIpc) is 2.92. The Kier molecular flexibility index (Phi) is 11.0. The Balaban J connectivity index is 0.000000524. The molecule has 0 aliphatic carbocycles. The Morgan fingerprint density at radius 2 is 1.65 bits per heavy atom. The third-order valence-corrected chi connectivity index (χ3v) is 3.48. The van der Waals surface area contributed by atoms with Crippen LogP contribution in [-0.4, -0.2) is 17.1 Å². The molecular weight excluding hydrogens is 486 g/mol. The molecule has 2 aromatic heterocycles. The first kappa shape index (κ1) is 21.3. The minimum absolute atomic E-state index is 0. The van der Waals surface area contributed by atoms with E-state index in [1.54, 1.807) is 11.3 Å². The fraction of sp³-hybridized carbons (Fsp3) is 0.167. The Hall–Kier alpha value is -1.68. The molecule has 123 valence electrons. The molecule has 0 amide bonds. The molecule has 3 rings (SSSR count). The first-order valence-electron chi connectivity index (χ1n) is 6.74. The molecule has 0 aliphatic rings. The second-order valence-corrected chi connectivity index (χ2v) is 5.56. The second-order valence-electron chi connectivity index (χ2n) is 4.48. The number of benzene rings is 1. The van der Waals surface area contributed by atoms with Gasteiger partial charge in [0.1, 0.15) is 5.78 Å². The van der Waals surface area contributed by atoms with Gasteiger partial charge in [0.05, 0.1) is 10.6 Å². The number of rotatable bonds is 1. The molecule has 0 bridgehead atoms. The van der Waals surface area contributed by atoms with E-state index in [9.17, 15) is 4.79 Å². The van der Waals surface area contributed by atoms with Gasteiger partial charge in [0.15, 0.2) is 0 Å². The molecule has 23 heavy (non-hydrogen) atoms. The first-order valence-corrected chi connectivity index (χ1v) is 7.56. The van der Waals surface area contributed by atoms with Gasteiger partial charge in [-0.1, -0.05) is 24.3 Å². The molecule has 0 N–H and O–H groups in total. The topological polar surface area (TPSA) is 47.0 Å². The zero-order valence-corrected chi connectivity index (χ0v) is 16.4. The van der Waals surface area contributed by atoms with Gasteiger partial charge in [0.25, 0.3) is 0 Å². The third kappa shape index (κ3) is 7.93. The SMILES string of the molecule is CC(C)=O.C[C-]=O.[Ir].c1ccc(-c2cc3ccccc3s2)nc1. The van der Waals surface area contributed by atoms with Crippen LogP contribution in [-0.2, 0) is 29.7 Å². The van der Waals surface area contributed by atoms with Crippen LogP contribution in [0.5, 0.6) is 0 Å². The molecule has 0 unspecified atom stereocenters. The van der Waals surface area contributed by atoms with Crippen LogP contribution in [0.25, 0.3) is 20.7 Å². The number of ketones is 1. The van der Waals surface area contributed by atoms with Crippen molar-refractivity contribution in [3.63, 3.8) is 0 Å². The predicted molar refractivity (Wildman–Crippen MR) is 92.8 cm³/mol. The Labute approximate surface area is 154 Å². The number of fused-ring (bicyclic) bond motifs is 1. The second kappa shape index (κ2) is 11.8. The fourth-order valence-electron chi connectivity index (χ4n) is 1.62. The molecule has 1 aromatic carbocycles. The van der Waals surface area contributed by atoms with Gasteiger partial charge in [-0.2, -0.15) is 6.92 Å². The number of hydrogen-bond donors (Lipinski definition) is 0. The van der Waals surface area contributed by atoms with Crippen molar-refractivity contribution in [3.8, 4) is 10.6 Å². The predicted octanol–water partition coefficient (Wildman–Crippen LogP) is 4.67. The first-order chi connectivity index (χ1) is 10.6. The summed E-state index contributed by atoms with van der Waals surface area (Å²) in [6, 6.07) is 16.6. The van der Waals surface area contributed by atoms with Gasteiger partial charge in [0, 0.05) is 31.0 Å². The summed E-state index contributed by atoms with van der Waals surface area (Å²) in [5.74, 6) is 0.167. The fourth-order valence-corrected chi connectivity index (χ4v) is 2.66. The van der Waals surface area contributed by atoms with Crippen molar-refractivity contribution in [2.24, 2.45) is 0 Å². The summed E-state index contributed by atoms with van der Waals surface area (Å²) < 4.78 is 1.32. The molecule has 0 saturated heterocycles. The number of thiophene rings is 1. The Morgan fingerprint density at radius 1 is 1.09 bits per heavy atom. The largest absolute Gasteiger partial charge is 0.542 e. The van der Waals surface area contributed by atoms with Crippen molar-refractivity contribution in [1.82, 2.24) is 4.98 Å². The van der Waals surface area contributed by atoms with E-state index in [0.29, 0.717) is 0 Å². The van der Waals surface area contributed by atoms with Crippen LogP contribution in [0, 0.1) is 0 Å². The Bertz CT molecular complexity index is 689. The van der Waals surface area contributed by atoms with Gasteiger partial charge < -0.3 is 9.59 Å². The quantitative estimate of drug-likeness (QED) is 0.453. The molecule has 0 saturated carbocycles. The van der Waals surface area contributed by atoms with Gasteiger partial charge in [0.2, 0.25) is 0 Å². The van der Waals surface area contributed by atoms with Crippen molar-refractivity contribution >= 4 is 33.5 Å². The van der Waals surface area contributed by atoms with E-state index >= 15 is 0 Å². The summed E-state index contributed by atoms with van der Waals surface area (Å²) in [6.45, 7) is 4.38.